The van der Waals surface area contributed by atoms with Crippen molar-refractivity contribution >= 4 is 17.4 Å². The van der Waals surface area contributed by atoms with Crippen LogP contribution in [0.2, 0.25) is 0 Å². The third kappa shape index (κ3) is 7.16. The van der Waals surface area contributed by atoms with E-state index in [0.717, 1.165) is 18.8 Å². The van der Waals surface area contributed by atoms with Crippen molar-refractivity contribution in [3.63, 3.8) is 0 Å². The molecule has 0 aliphatic heterocycles. The number of amides is 2. The highest BCUT2D eigenvalue weighted by Crippen LogP contribution is 2.18. The van der Waals surface area contributed by atoms with Crippen LogP contribution in [-0.2, 0) is 0 Å². The van der Waals surface area contributed by atoms with Gasteiger partial charge in [0.1, 0.15) is 18.5 Å². The van der Waals surface area contributed by atoms with E-state index in [9.17, 15) is 9.90 Å². The molecule has 2 rings (SSSR count). The van der Waals surface area contributed by atoms with Gasteiger partial charge in [-0.1, -0.05) is 18.2 Å². The lowest BCUT2D eigenvalue weighted by Crippen LogP contribution is -2.34. The molecule has 0 saturated heterocycles. The topological polar surface area (TPSA) is 109 Å². The highest BCUT2D eigenvalue weighted by Gasteiger charge is 2.06. The zero-order chi connectivity index (χ0) is 19.6. The largest absolute Gasteiger partial charge is 0.491 e. The predicted molar refractivity (Wildman–Crippen MR) is 108 cm³/mol. The Kier molecular flexibility index (Phi) is 7.91. The second-order valence-corrected chi connectivity index (χ2v) is 6.38. The molecule has 0 spiro atoms. The monoisotopic (exact) mass is 372 g/mol. The van der Waals surface area contributed by atoms with E-state index in [0.29, 0.717) is 18.0 Å². The van der Waals surface area contributed by atoms with Crippen LogP contribution in [0.4, 0.5) is 16.2 Å². The first-order valence-corrected chi connectivity index (χ1v) is 8.94. The second kappa shape index (κ2) is 10.4. The van der Waals surface area contributed by atoms with Gasteiger partial charge in [-0.2, -0.15) is 0 Å². The van der Waals surface area contributed by atoms with E-state index in [1.807, 2.05) is 6.07 Å². The van der Waals surface area contributed by atoms with E-state index < -0.39 is 12.1 Å². The number of para-hydroxylation sites is 1. The van der Waals surface area contributed by atoms with Gasteiger partial charge in [-0.15, -0.1) is 0 Å². The number of aliphatic hydroxyl groups excluding tert-OH is 1. The maximum atomic E-state index is 10.8. The summed E-state index contributed by atoms with van der Waals surface area (Å²) in [4.78, 5) is 10.8. The summed E-state index contributed by atoms with van der Waals surface area (Å²) in [6.45, 7) is 6.29. The number of hydrogen-bond acceptors (Lipinski definition) is 5. The van der Waals surface area contributed by atoms with Gasteiger partial charge in [0.25, 0.3) is 0 Å². The molecule has 2 amide bonds. The van der Waals surface area contributed by atoms with Gasteiger partial charge in [0, 0.05) is 31.0 Å². The number of benzene rings is 2. The Morgan fingerprint density at radius 2 is 1.78 bits per heavy atom. The highest BCUT2D eigenvalue weighted by molar-refractivity contribution is 5.87. The standard InChI is InChI=1S/C20H28N4O3/c1-14-4-3-5-15(2)19(14)23-11-10-22-12-17(25)13-27-18-8-6-16(7-9-18)24-20(21)26/h3-9,17,22-23,25H,10-13H2,1-2H3,(H3,21,24,26). The van der Waals surface area contributed by atoms with Gasteiger partial charge in [0.15, 0.2) is 0 Å². The quantitative estimate of drug-likeness (QED) is 0.411. The molecule has 0 bridgehead atoms. The van der Waals surface area contributed by atoms with Crippen molar-refractivity contribution in [2.45, 2.75) is 20.0 Å². The van der Waals surface area contributed by atoms with Crippen LogP contribution in [0.5, 0.6) is 5.75 Å². The maximum absolute atomic E-state index is 10.8. The van der Waals surface area contributed by atoms with Gasteiger partial charge in [0.2, 0.25) is 0 Å². The smallest absolute Gasteiger partial charge is 0.316 e. The van der Waals surface area contributed by atoms with E-state index >= 15 is 0 Å². The first-order valence-electron chi connectivity index (χ1n) is 8.94. The van der Waals surface area contributed by atoms with Crippen molar-refractivity contribution in [3.05, 3.63) is 53.6 Å². The normalized spacial score (nSPS) is 11.7. The zero-order valence-electron chi connectivity index (χ0n) is 15.8. The average molecular weight is 372 g/mol. The molecule has 0 saturated carbocycles. The van der Waals surface area contributed by atoms with Crippen molar-refractivity contribution < 1.29 is 14.6 Å². The van der Waals surface area contributed by atoms with E-state index in [4.69, 9.17) is 10.5 Å². The maximum Gasteiger partial charge on any atom is 0.316 e. The molecule has 0 aromatic heterocycles. The zero-order valence-corrected chi connectivity index (χ0v) is 15.8. The summed E-state index contributed by atoms with van der Waals surface area (Å²) in [5.41, 5.74) is 9.25. The summed E-state index contributed by atoms with van der Waals surface area (Å²) in [5.74, 6) is 0.612. The summed E-state index contributed by atoms with van der Waals surface area (Å²) >= 11 is 0. The fraction of sp³-hybridized carbons (Fsp3) is 0.350. The molecule has 27 heavy (non-hydrogen) atoms. The summed E-state index contributed by atoms with van der Waals surface area (Å²) in [5, 5.41) is 19.1. The summed E-state index contributed by atoms with van der Waals surface area (Å²) in [6, 6.07) is 12.4. The number of nitrogens with one attached hydrogen (secondary N) is 3. The lowest BCUT2D eigenvalue weighted by Gasteiger charge is -2.15. The summed E-state index contributed by atoms with van der Waals surface area (Å²) in [7, 11) is 0. The number of aliphatic hydroxyl groups is 1. The van der Waals surface area contributed by atoms with Crippen molar-refractivity contribution in [2.24, 2.45) is 5.73 Å². The minimum Gasteiger partial charge on any atom is -0.491 e. The van der Waals surface area contributed by atoms with E-state index in [-0.39, 0.29) is 6.61 Å². The first-order chi connectivity index (χ1) is 13.0. The lowest BCUT2D eigenvalue weighted by atomic mass is 10.1. The molecule has 0 fully saturated rings. The number of carbonyl (C=O) groups is 1. The van der Waals surface area contributed by atoms with Crippen LogP contribution in [0.15, 0.2) is 42.5 Å². The molecule has 6 N–H and O–H groups in total. The third-order valence-electron chi connectivity index (χ3n) is 4.03. The average Bonchev–Trinajstić information content (AvgIpc) is 2.62. The summed E-state index contributed by atoms with van der Waals surface area (Å²) in [6.07, 6.45) is -0.617. The van der Waals surface area contributed by atoms with Gasteiger partial charge < -0.3 is 31.5 Å². The minimum absolute atomic E-state index is 0.180. The van der Waals surface area contributed by atoms with Gasteiger partial charge in [-0.05, 0) is 49.2 Å². The second-order valence-electron chi connectivity index (χ2n) is 6.38. The molecular formula is C20H28N4O3. The number of carbonyl (C=O) groups excluding carboxylic acids is 1. The number of hydrogen-bond donors (Lipinski definition) is 5. The van der Waals surface area contributed by atoms with Gasteiger partial charge in [-0.25, -0.2) is 4.79 Å². The number of urea groups is 1. The van der Waals surface area contributed by atoms with Gasteiger partial charge >= 0.3 is 6.03 Å². The number of rotatable bonds is 10. The fourth-order valence-corrected chi connectivity index (χ4v) is 2.67. The highest BCUT2D eigenvalue weighted by atomic mass is 16.5. The number of aryl methyl sites for hydroxylation is 2. The Bertz CT molecular complexity index is 714. The molecule has 7 heteroatoms. The van der Waals surface area contributed by atoms with Crippen LogP contribution >= 0.6 is 0 Å². The molecule has 0 radical (unpaired) electrons. The fourth-order valence-electron chi connectivity index (χ4n) is 2.67. The first kappa shape index (κ1) is 20.5. The van der Waals surface area contributed by atoms with E-state index in [1.165, 1.54) is 11.1 Å². The third-order valence-corrected chi connectivity index (χ3v) is 4.03. The van der Waals surface area contributed by atoms with Crippen LogP contribution in [0.25, 0.3) is 0 Å². The lowest BCUT2D eigenvalue weighted by molar-refractivity contribution is 0.107. The molecule has 0 heterocycles. The molecule has 0 aliphatic carbocycles. The van der Waals surface area contributed by atoms with Crippen LogP contribution in [-0.4, -0.2) is 43.5 Å². The molecule has 7 nitrogen and oxygen atoms in total. The van der Waals surface area contributed by atoms with Crippen LogP contribution in [0, 0.1) is 13.8 Å². The number of nitrogens with two attached hydrogens (primary N) is 1. The van der Waals surface area contributed by atoms with Crippen molar-refractivity contribution in [2.75, 3.05) is 36.9 Å². The van der Waals surface area contributed by atoms with Crippen LogP contribution < -0.4 is 26.4 Å². The number of anilines is 2. The predicted octanol–water partition coefficient (Wildman–Crippen LogP) is 2.24. The van der Waals surface area contributed by atoms with Crippen LogP contribution in [0.3, 0.4) is 0 Å². The molecule has 146 valence electrons. The molecule has 1 atom stereocenters. The molecular weight excluding hydrogens is 344 g/mol. The van der Waals surface area contributed by atoms with Gasteiger partial charge in [-0.3, -0.25) is 0 Å². The van der Waals surface area contributed by atoms with Crippen LogP contribution in [0.1, 0.15) is 11.1 Å². The number of primary amides is 1. The Morgan fingerprint density at radius 3 is 2.41 bits per heavy atom. The molecule has 1 unspecified atom stereocenters. The van der Waals surface area contributed by atoms with Gasteiger partial charge in [0.05, 0.1) is 0 Å². The van der Waals surface area contributed by atoms with Crippen molar-refractivity contribution in [1.29, 1.82) is 0 Å². The Morgan fingerprint density at radius 1 is 1.11 bits per heavy atom. The summed E-state index contributed by atoms with van der Waals surface area (Å²) < 4.78 is 5.54. The SMILES string of the molecule is Cc1cccc(C)c1NCCNCC(O)COc1ccc(NC(N)=O)cc1. The van der Waals surface area contributed by atoms with Crippen molar-refractivity contribution in [1.82, 2.24) is 5.32 Å². The number of ether oxygens (including phenoxy) is 1. The molecule has 2 aromatic rings. The Labute approximate surface area is 159 Å². The van der Waals surface area contributed by atoms with E-state index in [1.54, 1.807) is 24.3 Å². The Hall–Kier alpha value is -2.77. The minimum atomic E-state index is -0.617. The molecule has 0 aliphatic rings. The van der Waals surface area contributed by atoms with E-state index in [2.05, 4.69) is 41.9 Å². The Balaban J connectivity index is 1.62. The molecule has 2 aromatic carbocycles. The van der Waals surface area contributed by atoms with Crippen molar-refractivity contribution in [3.8, 4) is 5.75 Å².